The zero-order valence-corrected chi connectivity index (χ0v) is 17.3. The zero-order chi connectivity index (χ0) is 21.3. The molecule has 0 spiro atoms. The predicted molar refractivity (Wildman–Crippen MR) is 131 cm³/mol. The van der Waals surface area contributed by atoms with Gasteiger partial charge in [-0.2, -0.15) is 0 Å². The van der Waals surface area contributed by atoms with E-state index in [1.54, 1.807) is 0 Å². The number of nitrogens with zero attached hydrogens (tertiary/aromatic N) is 4. The fourth-order valence-corrected chi connectivity index (χ4v) is 4.33. The van der Waals surface area contributed by atoms with Gasteiger partial charge in [0.15, 0.2) is 0 Å². The van der Waals surface area contributed by atoms with Crippen LogP contribution in [0.2, 0.25) is 0 Å². The van der Waals surface area contributed by atoms with Crippen molar-refractivity contribution in [2.75, 3.05) is 4.90 Å². The van der Waals surface area contributed by atoms with Gasteiger partial charge in [0, 0.05) is 28.9 Å². The van der Waals surface area contributed by atoms with Gasteiger partial charge in [0.25, 0.3) is 0 Å². The Balaban J connectivity index is 1.59. The molecule has 0 aliphatic rings. The molecule has 0 saturated heterocycles. The molecule has 0 unspecified atom stereocenters. The fraction of sp³-hybridized carbons (Fsp3) is 0. The molecule has 0 radical (unpaired) electrons. The summed E-state index contributed by atoms with van der Waals surface area (Å²) in [6.45, 7) is 0. The molecule has 0 saturated carbocycles. The maximum atomic E-state index is 4.60. The Kier molecular flexibility index (Phi) is 4.40. The number of aromatic nitrogens is 3. The van der Waals surface area contributed by atoms with Gasteiger partial charge in [0.1, 0.15) is 11.6 Å². The molecule has 4 heteroatoms. The van der Waals surface area contributed by atoms with Gasteiger partial charge in [-0.05, 0) is 54.6 Å². The number of fused-ring (bicyclic) bond motifs is 3. The number of hydrogen-bond donors (Lipinski definition) is 0. The summed E-state index contributed by atoms with van der Waals surface area (Å²) in [6.07, 6.45) is 3.62. The highest BCUT2D eigenvalue weighted by molar-refractivity contribution is 6.09. The molecule has 0 bridgehead atoms. The van der Waals surface area contributed by atoms with Crippen molar-refractivity contribution in [3.8, 4) is 5.69 Å². The van der Waals surface area contributed by atoms with Crippen LogP contribution in [0.4, 0.5) is 17.3 Å². The van der Waals surface area contributed by atoms with Crippen molar-refractivity contribution in [2.24, 2.45) is 0 Å². The van der Waals surface area contributed by atoms with Crippen LogP contribution in [0.25, 0.3) is 27.5 Å². The lowest BCUT2D eigenvalue weighted by Crippen LogP contribution is -2.13. The van der Waals surface area contributed by atoms with E-state index in [0.29, 0.717) is 0 Å². The molecular formula is C28H20N4. The lowest BCUT2D eigenvalue weighted by Gasteiger charge is -2.23. The molecule has 3 aromatic carbocycles. The normalized spacial score (nSPS) is 11.1. The van der Waals surface area contributed by atoms with Crippen molar-refractivity contribution in [2.45, 2.75) is 0 Å². The zero-order valence-electron chi connectivity index (χ0n) is 17.3. The summed E-state index contributed by atoms with van der Waals surface area (Å²) in [5.41, 5.74) is 4.47. The van der Waals surface area contributed by atoms with Gasteiger partial charge in [-0.1, -0.05) is 54.6 Å². The minimum Gasteiger partial charge on any atom is -0.309 e. The number of rotatable bonds is 4. The first-order valence-electron chi connectivity index (χ1n) is 10.6. The molecule has 6 rings (SSSR count). The predicted octanol–water partition coefficient (Wildman–Crippen LogP) is 7.04. The summed E-state index contributed by atoms with van der Waals surface area (Å²) in [5, 5.41) is 2.50. The number of benzene rings is 3. The van der Waals surface area contributed by atoms with E-state index in [-0.39, 0.29) is 0 Å². The SMILES string of the molecule is c1ccc(N(c2cccc(-n3c4ccccc4c4ccccc43)c2)c2ccccn2)nc1. The van der Waals surface area contributed by atoms with Gasteiger partial charge < -0.3 is 4.57 Å². The molecule has 32 heavy (non-hydrogen) atoms. The lowest BCUT2D eigenvalue weighted by molar-refractivity contribution is 1.11. The van der Waals surface area contributed by atoms with Crippen molar-refractivity contribution in [3.63, 3.8) is 0 Å². The molecule has 0 atom stereocenters. The van der Waals surface area contributed by atoms with E-state index in [2.05, 4.69) is 92.2 Å². The molecule has 4 nitrogen and oxygen atoms in total. The smallest absolute Gasteiger partial charge is 0.138 e. The fourth-order valence-electron chi connectivity index (χ4n) is 4.33. The Labute approximate surface area is 186 Å². The van der Waals surface area contributed by atoms with Crippen LogP contribution in [0.3, 0.4) is 0 Å². The molecule has 0 aliphatic heterocycles. The summed E-state index contributed by atoms with van der Waals surface area (Å²) in [5.74, 6) is 1.65. The Morgan fingerprint density at radius 2 is 1.09 bits per heavy atom. The second-order valence-electron chi connectivity index (χ2n) is 7.60. The number of para-hydroxylation sites is 2. The highest BCUT2D eigenvalue weighted by Gasteiger charge is 2.16. The Morgan fingerprint density at radius 1 is 0.531 bits per heavy atom. The van der Waals surface area contributed by atoms with Crippen molar-refractivity contribution >= 4 is 39.1 Å². The van der Waals surface area contributed by atoms with Gasteiger partial charge >= 0.3 is 0 Å². The van der Waals surface area contributed by atoms with E-state index >= 15 is 0 Å². The van der Waals surface area contributed by atoms with Crippen LogP contribution < -0.4 is 4.90 Å². The minimum atomic E-state index is 0.825. The van der Waals surface area contributed by atoms with E-state index < -0.39 is 0 Å². The average molecular weight is 412 g/mol. The van der Waals surface area contributed by atoms with Crippen molar-refractivity contribution in [1.82, 2.24) is 14.5 Å². The van der Waals surface area contributed by atoms with Gasteiger partial charge in [-0.15, -0.1) is 0 Å². The maximum absolute atomic E-state index is 4.60. The van der Waals surface area contributed by atoms with Gasteiger partial charge in [-0.3, -0.25) is 4.90 Å². The molecule has 152 valence electrons. The number of anilines is 3. The maximum Gasteiger partial charge on any atom is 0.138 e. The van der Waals surface area contributed by atoms with E-state index in [4.69, 9.17) is 0 Å². The van der Waals surface area contributed by atoms with Crippen LogP contribution in [0.1, 0.15) is 0 Å². The van der Waals surface area contributed by atoms with E-state index in [1.165, 1.54) is 21.8 Å². The standard InChI is InChI=1S/C28H20N4/c1-3-14-25-23(12-1)24-13-2-4-15-26(24)31(25)21-10-9-11-22(20-21)32(27-16-5-7-18-29-27)28-17-6-8-19-30-28/h1-20H. The third kappa shape index (κ3) is 3.01. The largest absolute Gasteiger partial charge is 0.309 e. The molecule has 0 aliphatic carbocycles. The molecule has 0 fully saturated rings. The minimum absolute atomic E-state index is 0.825. The van der Waals surface area contributed by atoms with Gasteiger partial charge in [-0.25, -0.2) is 9.97 Å². The second-order valence-corrected chi connectivity index (χ2v) is 7.60. The van der Waals surface area contributed by atoms with Crippen molar-refractivity contribution in [3.05, 3.63) is 122 Å². The third-order valence-corrected chi connectivity index (χ3v) is 5.68. The van der Waals surface area contributed by atoms with Crippen LogP contribution in [0.15, 0.2) is 122 Å². The summed E-state index contributed by atoms with van der Waals surface area (Å²) in [7, 11) is 0. The first-order valence-corrected chi connectivity index (χ1v) is 10.6. The van der Waals surface area contributed by atoms with Gasteiger partial charge in [0.2, 0.25) is 0 Å². The summed E-state index contributed by atoms with van der Waals surface area (Å²) in [4.78, 5) is 11.3. The number of pyridine rings is 2. The summed E-state index contributed by atoms with van der Waals surface area (Å²) in [6, 6.07) is 37.5. The van der Waals surface area contributed by atoms with E-state index in [1.807, 2.05) is 48.8 Å². The van der Waals surface area contributed by atoms with E-state index in [9.17, 15) is 0 Å². The van der Waals surface area contributed by atoms with Crippen LogP contribution in [-0.2, 0) is 0 Å². The first kappa shape index (κ1) is 18.3. The molecule has 3 heterocycles. The van der Waals surface area contributed by atoms with Crippen molar-refractivity contribution < 1.29 is 0 Å². The topological polar surface area (TPSA) is 34.0 Å². The second kappa shape index (κ2) is 7.67. The van der Waals surface area contributed by atoms with E-state index in [0.717, 1.165) is 23.0 Å². The summed E-state index contributed by atoms with van der Waals surface area (Å²) < 4.78 is 2.32. The van der Waals surface area contributed by atoms with Crippen molar-refractivity contribution in [1.29, 1.82) is 0 Å². The average Bonchev–Trinajstić information content (AvgIpc) is 3.20. The van der Waals surface area contributed by atoms with Crippen LogP contribution in [-0.4, -0.2) is 14.5 Å². The molecule has 3 aromatic heterocycles. The third-order valence-electron chi connectivity index (χ3n) is 5.68. The Hall–Kier alpha value is -4.44. The summed E-state index contributed by atoms with van der Waals surface area (Å²) >= 11 is 0. The Morgan fingerprint density at radius 3 is 1.66 bits per heavy atom. The van der Waals surface area contributed by atoms with Crippen LogP contribution in [0.5, 0.6) is 0 Å². The van der Waals surface area contributed by atoms with Gasteiger partial charge in [0.05, 0.1) is 16.7 Å². The highest BCUT2D eigenvalue weighted by Crippen LogP contribution is 2.36. The highest BCUT2D eigenvalue weighted by atomic mass is 15.2. The lowest BCUT2D eigenvalue weighted by atomic mass is 10.2. The van der Waals surface area contributed by atoms with Crippen LogP contribution >= 0.6 is 0 Å². The quantitative estimate of drug-likeness (QED) is 0.311. The first-order chi connectivity index (χ1) is 15.9. The molecular weight excluding hydrogens is 392 g/mol. The molecule has 6 aromatic rings. The van der Waals surface area contributed by atoms with Crippen LogP contribution in [0, 0.1) is 0 Å². The molecule has 0 N–H and O–H groups in total. The molecule has 0 amide bonds. The monoisotopic (exact) mass is 412 g/mol. The number of hydrogen-bond acceptors (Lipinski definition) is 3. The Bertz CT molecular complexity index is 1430.